The number of alkyl halides is 2. The summed E-state index contributed by atoms with van der Waals surface area (Å²) in [4.78, 5) is 14.5. The summed E-state index contributed by atoms with van der Waals surface area (Å²) in [5.74, 6) is 0.701. The van der Waals surface area contributed by atoms with Crippen molar-refractivity contribution >= 4 is 12.0 Å². The maximum absolute atomic E-state index is 12.7. The minimum atomic E-state index is -2.91. The molecule has 148 valence electrons. The molecule has 1 aliphatic heterocycles. The van der Waals surface area contributed by atoms with Gasteiger partial charge in [0, 0.05) is 18.2 Å². The van der Waals surface area contributed by atoms with Gasteiger partial charge in [-0.2, -0.15) is 8.78 Å². The quantitative estimate of drug-likeness (QED) is 0.623. The molecule has 1 aliphatic rings. The second kappa shape index (κ2) is 9.35. The van der Waals surface area contributed by atoms with Gasteiger partial charge < -0.3 is 14.4 Å². The van der Waals surface area contributed by atoms with Crippen LogP contribution in [0.25, 0.3) is 6.08 Å². The van der Waals surface area contributed by atoms with Crippen molar-refractivity contribution in [3.63, 3.8) is 0 Å². The highest BCUT2D eigenvalue weighted by Crippen LogP contribution is 2.33. The van der Waals surface area contributed by atoms with Gasteiger partial charge in [0.25, 0.3) is 0 Å². The molecule has 0 aromatic heterocycles. The predicted molar refractivity (Wildman–Crippen MR) is 103 cm³/mol. The van der Waals surface area contributed by atoms with Crippen molar-refractivity contribution in [1.82, 2.24) is 4.90 Å². The highest BCUT2D eigenvalue weighted by molar-refractivity contribution is 5.92. The van der Waals surface area contributed by atoms with Crippen LogP contribution in [0.1, 0.15) is 36.9 Å². The Hall–Kier alpha value is -2.89. The fourth-order valence-electron chi connectivity index (χ4n) is 3.41. The molecule has 1 fully saturated rings. The largest absolute Gasteiger partial charge is 0.494 e. The molecule has 4 nitrogen and oxygen atoms in total. The molecule has 1 atom stereocenters. The van der Waals surface area contributed by atoms with E-state index in [-0.39, 0.29) is 17.7 Å². The van der Waals surface area contributed by atoms with Crippen molar-refractivity contribution in [3.05, 3.63) is 65.7 Å². The van der Waals surface area contributed by atoms with Gasteiger partial charge in [-0.1, -0.05) is 30.3 Å². The zero-order valence-electron chi connectivity index (χ0n) is 15.7. The maximum Gasteiger partial charge on any atom is 0.387 e. The Morgan fingerprint density at radius 2 is 1.96 bits per heavy atom. The number of rotatable bonds is 7. The number of hydrogen-bond acceptors (Lipinski definition) is 3. The number of para-hydroxylation sites is 1. The molecule has 0 aliphatic carbocycles. The lowest BCUT2D eigenvalue weighted by Crippen LogP contribution is -2.28. The van der Waals surface area contributed by atoms with E-state index < -0.39 is 6.61 Å². The van der Waals surface area contributed by atoms with Crippen LogP contribution in [0.5, 0.6) is 11.5 Å². The van der Waals surface area contributed by atoms with Crippen LogP contribution < -0.4 is 9.47 Å². The highest BCUT2D eigenvalue weighted by Gasteiger charge is 2.28. The molecular weight excluding hydrogens is 364 g/mol. The third-order valence-corrected chi connectivity index (χ3v) is 4.65. The number of benzene rings is 2. The number of ether oxygens (including phenoxy) is 2. The Balaban J connectivity index is 1.72. The van der Waals surface area contributed by atoms with E-state index in [0.717, 1.165) is 24.2 Å². The molecular formula is C22H23F2NO3. The van der Waals surface area contributed by atoms with Crippen molar-refractivity contribution in [3.8, 4) is 11.5 Å². The van der Waals surface area contributed by atoms with Crippen LogP contribution in [0, 0.1) is 0 Å². The lowest BCUT2D eigenvalue weighted by atomic mass is 10.0. The summed E-state index contributed by atoms with van der Waals surface area (Å²) in [6, 6.07) is 14.2. The van der Waals surface area contributed by atoms with Crippen molar-refractivity contribution in [2.45, 2.75) is 32.4 Å². The highest BCUT2D eigenvalue weighted by atomic mass is 19.3. The Morgan fingerprint density at radius 1 is 1.21 bits per heavy atom. The van der Waals surface area contributed by atoms with Crippen molar-refractivity contribution in [2.24, 2.45) is 0 Å². The zero-order chi connectivity index (χ0) is 19.9. The van der Waals surface area contributed by atoms with Gasteiger partial charge in [0.1, 0.15) is 11.5 Å². The van der Waals surface area contributed by atoms with Crippen LogP contribution >= 0.6 is 0 Å². The predicted octanol–water partition coefficient (Wildman–Crippen LogP) is 5.06. The average molecular weight is 387 g/mol. The molecule has 2 aromatic rings. The number of nitrogens with zero attached hydrogens (tertiary/aromatic N) is 1. The molecule has 0 spiro atoms. The number of halogens is 2. The van der Waals surface area contributed by atoms with Crippen molar-refractivity contribution < 1.29 is 23.0 Å². The molecule has 0 bridgehead atoms. The van der Waals surface area contributed by atoms with Crippen LogP contribution in [0.3, 0.4) is 0 Å². The van der Waals surface area contributed by atoms with Crippen LogP contribution in [-0.4, -0.2) is 30.6 Å². The Morgan fingerprint density at radius 3 is 2.68 bits per heavy atom. The maximum atomic E-state index is 12.7. The van der Waals surface area contributed by atoms with E-state index >= 15 is 0 Å². The molecule has 3 rings (SSSR count). The van der Waals surface area contributed by atoms with Gasteiger partial charge in [0.2, 0.25) is 5.91 Å². The van der Waals surface area contributed by atoms with Crippen LogP contribution in [0.2, 0.25) is 0 Å². The lowest BCUT2D eigenvalue weighted by molar-refractivity contribution is -0.126. The number of carbonyl (C=O) groups excluding carboxylic acids is 1. The topological polar surface area (TPSA) is 38.8 Å². The zero-order valence-corrected chi connectivity index (χ0v) is 15.7. The van der Waals surface area contributed by atoms with Crippen molar-refractivity contribution in [1.29, 1.82) is 0 Å². The number of likely N-dealkylation sites (tertiary alicyclic amines) is 1. The summed E-state index contributed by atoms with van der Waals surface area (Å²) in [5, 5.41) is 0. The van der Waals surface area contributed by atoms with E-state index in [9.17, 15) is 13.6 Å². The molecule has 1 unspecified atom stereocenters. The second-order valence-corrected chi connectivity index (χ2v) is 6.44. The van der Waals surface area contributed by atoms with E-state index in [1.807, 2.05) is 36.1 Å². The lowest BCUT2D eigenvalue weighted by Gasteiger charge is -2.24. The Kier molecular flexibility index (Phi) is 6.63. The Labute approximate surface area is 163 Å². The van der Waals surface area contributed by atoms with E-state index in [1.54, 1.807) is 18.2 Å². The minimum absolute atomic E-state index is 0.000356. The SMILES string of the molecule is CCOc1ccc(C2CCCN2C(=O)/C=C/c2ccccc2OC(F)F)cc1. The first kappa shape index (κ1) is 19.9. The summed E-state index contributed by atoms with van der Waals surface area (Å²) in [6.07, 6.45) is 4.75. The summed E-state index contributed by atoms with van der Waals surface area (Å²) in [5.41, 5.74) is 1.50. The van der Waals surface area contributed by atoms with Gasteiger partial charge >= 0.3 is 6.61 Å². The average Bonchev–Trinajstić information content (AvgIpc) is 3.17. The Bertz CT molecular complexity index is 821. The van der Waals surface area contributed by atoms with E-state index in [2.05, 4.69) is 4.74 Å². The number of amides is 1. The van der Waals surface area contributed by atoms with Crippen LogP contribution in [-0.2, 0) is 4.79 Å². The molecule has 6 heteroatoms. The molecule has 1 heterocycles. The van der Waals surface area contributed by atoms with Gasteiger partial charge in [-0.3, -0.25) is 4.79 Å². The molecule has 0 N–H and O–H groups in total. The molecule has 1 saturated heterocycles. The van der Waals surface area contributed by atoms with Gasteiger partial charge in [0.05, 0.1) is 12.6 Å². The molecule has 0 saturated carbocycles. The van der Waals surface area contributed by atoms with Gasteiger partial charge in [-0.25, -0.2) is 0 Å². The van der Waals surface area contributed by atoms with Gasteiger partial charge in [-0.05, 0) is 49.6 Å². The summed E-state index contributed by atoms with van der Waals surface area (Å²) in [7, 11) is 0. The number of carbonyl (C=O) groups is 1. The van der Waals surface area contributed by atoms with E-state index in [4.69, 9.17) is 4.74 Å². The smallest absolute Gasteiger partial charge is 0.387 e. The van der Waals surface area contributed by atoms with E-state index in [1.165, 1.54) is 18.2 Å². The van der Waals surface area contributed by atoms with Gasteiger partial charge in [-0.15, -0.1) is 0 Å². The molecule has 0 radical (unpaired) electrons. The van der Waals surface area contributed by atoms with Crippen LogP contribution in [0.15, 0.2) is 54.6 Å². The monoisotopic (exact) mass is 387 g/mol. The number of hydrogen-bond donors (Lipinski definition) is 0. The first-order valence-electron chi connectivity index (χ1n) is 9.33. The first-order chi connectivity index (χ1) is 13.6. The summed E-state index contributed by atoms with van der Waals surface area (Å²) in [6.45, 7) is 0.292. The summed E-state index contributed by atoms with van der Waals surface area (Å²) < 4.78 is 35.0. The van der Waals surface area contributed by atoms with E-state index in [0.29, 0.717) is 18.7 Å². The summed E-state index contributed by atoms with van der Waals surface area (Å²) >= 11 is 0. The minimum Gasteiger partial charge on any atom is -0.494 e. The third kappa shape index (κ3) is 4.88. The van der Waals surface area contributed by atoms with Crippen molar-refractivity contribution in [2.75, 3.05) is 13.2 Å². The fraction of sp³-hybridized carbons (Fsp3) is 0.318. The second-order valence-electron chi connectivity index (χ2n) is 6.44. The third-order valence-electron chi connectivity index (χ3n) is 4.65. The molecule has 2 aromatic carbocycles. The fourth-order valence-corrected chi connectivity index (χ4v) is 3.41. The first-order valence-corrected chi connectivity index (χ1v) is 9.33. The molecule has 1 amide bonds. The van der Waals surface area contributed by atoms with Crippen LogP contribution in [0.4, 0.5) is 8.78 Å². The van der Waals surface area contributed by atoms with Gasteiger partial charge in [0.15, 0.2) is 0 Å². The molecule has 28 heavy (non-hydrogen) atoms. The standard InChI is InChI=1S/C22H23F2NO3/c1-2-27-18-12-9-16(10-13-18)19-7-5-15-25(19)21(26)14-11-17-6-3-4-8-20(17)28-22(23)24/h3-4,6,8-14,19,22H,2,5,7,15H2,1H3/b14-11+. The normalized spacial score (nSPS) is 16.7.